The first-order valence-electron chi connectivity index (χ1n) is 8.59. The lowest BCUT2D eigenvalue weighted by Crippen LogP contribution is -2.13. The van der Waals surface area contributed by atoms with Gasteiger partial charge in [0.05, 0.1) is 36.3 Å². The summed E-state index contributed by atoms with van der Waals surface area (Å²) in [5.74, 6) is 0.395. The van der Waals surface area contributed by atoms with Crippen LogP contribution in [0, 0.1) is 5.82 Å². The van der Waals surface area contributed by atoms with Crippen molar-refractivity contribution in [2.75, 3.05) is 30.2 Å². The Kier molecular flexibility index (Phi) is 4.89. The summed E-state index contributed by atoms with van der Waals surface area (Å²) < 4.78 is 24.4. The molecule has 8 nitrogen and oxygen atoms in total. The lowest BCUT2D eigenvalue weighted by Gasteiger charge is -2.09. The summed E-state index contributed by atoms with van der Waals surface area (Å²) in [7, 11) is 2.97. The minimum absolute atomic E-state index is 0.314. The van der Waals surface area contributed by atoms with Crippen molar-refractivity contribution in [2.24, 2.45) is 0 Å². The second kappa shape index (κ2) is 7.51. The summed E-state index contributed by atoms with van der Waals surface area (Å²) in [5.41, 5.74) is 1.88. The first-order valence-corrected chi connectivity index (χ1v) is 8.97. The molecule has 4 rings (SSSR count). The van der Waals surface area contributed by atoms with Gasteiger partial charge < -0.3 is 25.4 Å². The molecule has 2 heterocycles. The lowest BCUT2D eigenvalue weighted by atomic mass is 10.2. The monoisotopic (exact) mass is 417 g/mol. The zero-order valence-electron chi connectivity index (χ0n) is 15.5. The van der Waals surface area contributed by atoms with Crippen molar-refractivity contribution in [3.63, 3.8) is 0 Å². The molecule has 150 valence electrons. The lowest BCUT2D eigenvalue weighted by molar-refractivity contribution is 0.102. The van der Waals surface area contributed by atoms with Crippen molar-refractivity contribution in [3.8, 4) is 11.5 Å². The molecule has 3 aromatic rings. The van der Waals surface area contributed by atoms with Crippen LogP contribution < -0.4 is 25.4 Å². The maximum Gasteiger partial charge on any atom is 0.256 e. The number of carbonyl (C=O) groups excluding carboxylic acids is 1. The van der Waals surface area contributed by atoms with Gasteiger partial charge in [-0.2, -0.15) is 5.10 Å². The average molecular weight is 418 g/mol. The number of aromatic nitrogens is 2. The van der Waals surface area contributed by atoms with E-state index in [9.17, 15) is 9.18 Å². The van der Waals surface area contributed by atoms with Gasteiger partial charge in [0.25, 0.3) is 5.91 Å². The molecule has 4 N–H and O–H groups in total. The number of anilines is 3. The van der Waals surface area contributed by atoms with Gasteiger partial charge in [-0.15, -0.1) is 0 Å². The van der Waals surface area contributed by atoms with Crippen molar-refractivity contribution in [1.29, 1.82) is 0 Å². The smallest absolute Gasteiger partial charge is 0.256 e. The van der Waals surface area contributed by atoms with E-state index in [-0.39, 0.29) is 5.91 Å². The van der Waals surface area contributed by atoms with Gasteiger partial charge in [0, 0.05) is 23.8 Å². The molecule has 1 aliphatic heterocycles. The zero-order valence-corrected chi connectivity index (χ0v) is 16.2. The molecule has 0 saturated heterocycles. The van der Waals surface area contributed by atoms with Gasteiger partial charge in [0.2, 0.25) is 0 Å². The average Bonchev–Trinajstić information content (AvgIpc) is 3.34. The van der Waals surface area contributed by atoms with E-state index in [4.69, 9.17) is 21.1 Å². The highest BCUT2D eigenvalue weighted by molar-refractivity contribution is 6.32. The molecular formula is C19H17ClFN5O3. The highest BCUT2D eigenvalue weighted by Crippen LogP contribution is 2.39. The van der Waals surface area contributed by atoms with Crippen LogP contribution in [0.3, 0.4) is 0 Å². The van der Waals surface area contributed by atoms with Crippen LogP contribution in [0.5, 0.6) is 11.5 Å². The molecule has 0 radical (unpaired) electrons. The highest BCUT2D eigenvalue weighted by atomic mass is 35.5. The van der Waals surface area contributed by atoms with Crippen LogP contribution in [-0.2, 0) is 0 Å². The van der Waals surface area contributed by atoms with Crippen molar-refractivity contribution < 1.29 is 18.7 Å². The summed E-state index contributed by atoms with van der Waals surface area (Å²) >= 11 is 6.06. The van der Waals surface area contributed by atoms with E-state index in [0.29, 0.717) is 45.0 Å². The van der Waals surface area contributed by atoms with Crippen LogP contribution in [0.1, 0.15) is 22.2 Å². The van der Waals surface area contributed by atoms with Gasteiger partial charge in [-0.1, -0.05) is 11.6 Å². The summed E-state index contributed by atoms with van der Waals surface area (Å²) in [6.07, 6.45) is -0.444. The normalized spacial score (nSPS) is 14.6. The molecule has 1 amide bonds. The molecule has 1 aliphatic rings. The molecular weight excluding hydrogens is 401 g/mol. The Morgan fingerprint density at radius 3 is 2.72 bits per heavy atom. The van der Waals surface area contributed by atoms with Crippen molar-refractivity contribution in [1.82, 2.24) is 10.2 Å². The maximum absolute atomic E-state index is 14.2. The van der Waals surface area contributed by atoms with E-state index in [2.05, 4.69) is 26.1 Å². The minimum atomic E-state index is -0.444. The number of fused-ring (bicyclic) bond motifs is 1. The molecule has 0 fully saturated rings. The Balaban J connectivity index is 1.47. The fraction of sp³-hybridized carbons (Fsp3) is 0.158. The molecule has 0 saturated carbocycles. The molecule has 10 heteroatoms. The van der Waals surface area contributed by atoms with Crippen molar-refractivity contribution in [3.05, 3.63) is 58.5 Å². The second-order valence-electron chi connectivity index (χ2n) is 6.27. The molecule has 0 aliphatic carbocycles. The summed E-state index contributed by atoms with van der Waals surface area (Å²) in [6.45, 7) is 0. The number of hydrogen-bond donors (Lipinski definition) is 4. The Bertz CT molecular complexity index is 1090. The molecule has 2 aromatic carbocycles. The number of rotatable bonds is 5. The van der Waals surface area contributed by atoms with Gasteiger partial charge >= 0.3 is 0 Å². The Labute approximate surface area is 170 Å². The van der Waals surface area contributed by atoms with Gasteiger partial charge in [0.15, 0.2) is 11.6 Å². The highest BCUT2D eigenvalue weighted by Gasteiger charge is 2.26. The largest absolute Gasteiger partial charge is 0.497 e. The van der Waals surface area contributed by atoms with Crippen LogP contribution in [0.25, 0.3) is 0 Å². The van der Waals surface area contributed by atoms with E-state index in [1.807, 2.05) is 0 Å². The molecule has 1 unspecified atom stereocenters. The molecule has 1 aromatic heterocycles. The van der Waals surface area contributed by atoms with Crippen LogP contribution in [0.4, 0.5) is 21.6 Å². The first-order chi connectivity index (χ1) is 14.0. The number of benzene rings is 2. The molecule has 0 bridgehead atoms. The SMILES string of the molecule is COc1cc(F)c2c(c1)NC(c1cc(NC(=O)c3ccc(OC)c(Cl)c3)n[nH]1)N2. The number of nitrogens with zero attached hydrogens (tertiary/aromatic N) is 1. The third-order valence-electron chi connectivity index (χ3n) is 4.45. The van der Waals surface area contributed by atoms with E-state index >= 15 is 0 Å². The number of aromatic amines is 1. The minimum Gasteiger partial charge on any atom is -0.497 e. The predicted molar refractivity (Wildman–Crippen MR) is 107 cm³/mol. The summed E-state index contributed by atoms with van der Waals surface area (Å²) in [5, 5.41) is 16.1. The Hall–Kier alpha value is -3.46. The van der Waals surface area contributed by atoms with E-state index in [1.165, 1.54) is 26.4 Å². The van der Waals surface area contributed by atoms with Gasteiger partial charge in [-0.05, 0) is 18.2 Å². The van der Waals surface area contributed by atoms with Crippen LogP contribution in [0.15, 0.2) is 36.4 Å². The number of H-pyrrole nitrogens is 1. The van der Waals surface area contributed by atoms with Crippen molar-refractivity contribution in [2.45, 2.75) is 6.17 Å². The Morgan fingerprint density at radius 1 is 1.17 bits per heavy atom. The van der Waals surface area contributed by atoms with E-state index < -0.39 is 12.0 Å². The van der Waals surface area contributed by atoms with E-state index in [1.54, 1.807) is 24.3 Å². The van der Waals surface area contributed by atoms with Gasteiger partial charge in [-0.25, -0.2) is 4.39 Å². The first kappa shape index (κ1) is 18.9. The topological polar surface area (TPSA) is 100 Å². The maximum atomic E-state index is 14.2. The standard InChI is InChI=1S/C19H17ClFN5O3/c1-28-10-6-12(21)17-13(7-10)22-18(24-17)14-8-16(26-25-14)23-19(27)9-3-4-15(29-2)11(20)5-9/h3-8,18,22,24H,1-2H3,(H2,23,25,26,27). The van der Waals surface area contributed by atoms with Gasteiger partial charge in [-0.3, -0.25) is 9.89 Å². The number of ether oxygens (including phenoxy) is 2. The third kappa shape index (κ3) is 3.64. The third-order valence-corrected chi connectivity index (χ3v) is 4.75. The molecule has 0 spiro atoms. The second-order valence-corrected chi connectivity index (χ2v) is 6.67. The number of halogens is 2. The number of nitrogens with one attached hydrogen (secondary N) is 4. The fourth-order valence-corrected chi connectivity index (χ4v) is 3.25. The predicted octanol–water partition coefficient (Wildman–Crippen LogP) is 4.01. The number of methoxy groups -OCH3 is 2. The molecule has 29 heavy (non-hydrogen) atoms. The number of amides is 1. The Morgan fingerprint density at radius 2 is 2.00 bits per heavy atom. The van der Waals surface area contributed by atoms with Crippen LogP contribution in [-0.4, -0.2) is 30.3 Å². The zero-order chi connectivity index (χ0) is 20.5. The fourth-order valence-electron chi connectivity index (χ4n) is 3.00. The van der Waals surface area contributed by atoms with Gasteiger partial charge in [0.1, 0.15) is 17.7 Å². The number of hydrogen-bond acceptors (Lipinski definition) is 6. The summed E-state index contributed by atoms with van der Waals surface area (Å²) in [6, 6.07) is 9.36. The van der Waals surface area contributed by atoms with E-state index in [0.717, 1.165) is 0 Å². The van der Waals surface area contributed by atoms with Crippen LogP contribution in [0.2, 0.25) is 5.02 Å². The van der Waals surface area contributed by atoms with Crippen molar-refractivity contribution >= 4 is 34.7 Å². The molecule has 1 atom stereocenters. The van der Waals surface area contributed by atoms with Crippen LogP contribution >= 0.6 is 11.6 Å². The quantitative estimate of drug-likeness (QED) is 0.500. The summed E-state index contributed by atoms with van der Waals surface area (Å²) in [4.78, 5) is 12.4. The number of carbonyl (C=O) groups is 1.